The lowest BCUT2D eigenvalue weighted by Crippen LogP contribution is -2.35. The molecule has 0 aliphatic heterocycles. The van der Waals surface area contributed by atoms with E-state index in [1.54, 1.807) is 4.68 Å². The van der Waals surface area contributed by atoms with Crippen LogP contribution in [0.5, 0.6) is 0 Å². The molecule has 0 atom stereocenters. The van der Waals surface area contributed by atoms with E-state index in [1.807, 2.05) is 38.1 Å². The fourth-order valence-electron chi connectivity index (χ4n) is 2.02. The maximum atomic E-state index is 12.0. The minimum atomic E-state index is -0.103. The topological polar surface area (TPSA) is 92.9 Å². The molecule has 0 saturated carbocycles. The van der Waals surface area contributed by atoms with Crippen molar-refractivity contribution in [1.82, 2.24) is 25.5 Å². The molecule has 7 nitrogen and oxygen atoms in total. The van der Waals surface area contributed by atoms with Gasteiger partial charge in [-0.3, -0.25) is 4.79 Å². The Labute approximate surface area is 129 Å². The van der Waals surface area contributed by atoms with E-state index < -0.39 is 0 Å². The van der Waals surface area contributed by atoms with Crippen LogP contribution in [0.15, 0.2) is 30.6 Å². The molecule has 118 valence electrons. The van der Waals surface area contributed by atoms with Gasteiger partial charge < -0.3 is 10.4 Å². The Morgan fingerprint density at radius 1 is 1.32 bits per heavy atom. The van der Waals surface area contributed by atoms with E-state index in [1.165, 1.54) is 6.33 Å². The van der Waals surface area contributed by atoms with Gasteiger partial charge in [0.25, 0.3) is 0 Å². The fraction of sp³-hybridized carbons (Fsp3) is 0.467. The summed E-state index contributed by atoms with van der Waals surface area (Å²) in [5.41, 5.74) is 1.67. The van der Waals surface area contributed by atoms with Gasteiger partial charge in [0.05, 0.1) is 12.1 Å². The molecule has 2 aromatic rings. The van der Waals surface area contributed by atoms with Crippen molar-refractivity contribution >= 4 is 5.91 Å². The molecule has 1 aromatic carbocycles. The Morgan fingerprint density at radius 3 is 2.64 bits per heavy atom. The van der Waals surface area contributed by atoms with E-state index >= 15 is 0 Å². The standard InChI is InChI=1S/C15H21N5O2/c1-15(2,7-8-21)10-16-14(22)9-12-3-5-13(6-4-12)20-11-17-18-19-20/h3-6,11,21H,7-10H2,1-2H3,(H,16,22). The molecule has 0 unspecified atom stereocenters. The second kappa shape index (κ2) is 7.13. The van der Waals surface area contributed by atoms with Crippen molar-refractivity contribution in [3.63, 3.8) is 0 Å². The van der Waals surface area contributed by atoms with Crippen LogP contribution in [-0.4, -0.2) is 44.4 Å². The molecule has 0 radical (unpaired) electrons. The average Bonchev–Trinajstić information content (AvgIpc) is 3.00. The van der Waals surface area contributed by atoms with Gasteiger partial charge in [0.1, 0.15) is 6.33 Å². The molecule has 0 aliphatic carbocycles. The first-order chi connectivity index (χ1) is 10.5. The molecule has 0 saturated heterocycles. The van der Waals surface area contributed by atoms with Gasteiger partial charge in [-0.25, -0.2) is 4.68 Å². The Morgan fingerprint density at radius 2 is 2.05 bits per heavy atom. The number of benzene rings is 1. The highest BCUT2D eigenvalue weighted by Crippen LogP contribution is 2.18. The summed E-state index contributed by atoms with van der Waals surface area (Å²) in [6, 6.07) is 7.51. The second-order valence-electron chi connectivity index (χ2n) is 6.01. The number of nitrogens with zero attached hydrogens (tertiary/aromatic N) is 4. The summed E-state index contributed by atoms with van der Waals surface area (Å²) >= 11 is 0. The highest BCUT2D eigenvalue weighted by Gasteiger charge is 2.18. The predicted octanol–water partition coefficient (Wildman–Crippen LogP) is 0.730. The summed E-state index contributed by atoms with van der Waals surface area (Å²) in [5.74, 6) is -0.0267. The summed E-state index contributed by atoms with van der Waals surface area (Å²) in [6.07, 6.45) is 2.50. The highest BCUT2D eigenvalue weighted by molar-refractivity contribution is 5.78. The van der Waals surface area contributed by atoms with Crippen molar-refractivity contribution in [3.05, 3.63) is 36.2 Å². The predicted molar refractivity (Wildman–Crippen MR) is 81.4 cm³/mol. The molecule has 0 spiro atoms. The van der Waals surface area contributed by atoms with Crippen molar-refractivity contribution in [1.29, 1.82) is 0 Å². The van der Waals surface area contributed by atoms with Crippen LogP contribution in [0.1, 0.15) is 25.8 Å². The minimum Gasteiger partial charge on any atom is -0.396 e. The van der Waals surface area contributed by atoms with Crippen LogP contribution >= 0.6 is 0 Å². The SMILES string of the molecule is CC(C)(CCO)CNC(=O)Cc1ccc(-n2cnnn2)cc1. The summed E-state index contributed by atoms with van der Waals surface area (Å²) in [7, 11) is 0. The Bertz CT molecular complexity index is 593. The van der Waals surface area contributed by atoms with E-state index in [9.17, 15) is 4.79 Å². The number of rotatable bonds is 7. The summed E-state index contributed by atoms with van der Waals surface area (Å²) < 4.78 is 1.56. The third-order valence-electron chi connectivity index (χ3n) is 3.47. The molecule has 7 heteroatoms. The Balaban J connectivity index is 1.87. The summed E-state index contributed by atoms with van der Waals surface area (Å²) in [6.45, 7) is 4.71. The monoisotopic (exact) mass is 303 g/mol. The maximum absolute atomic E-state index is 12.0. The molecule has 0 fully saturated rings. The van der Waals surface area contributed by atoms with Gasteiger partial charge in [-0.05, 0) is 40.0 Å². The van der Waals surface area contributed by atoms with Crippen molar-refractivity contribution in [2.75, 3.05) is 13.2 Å². The van der Waals surface area contributed by atoms with Gasteiger partial charge in [-0.2, -0.15) is 0 Å². The molecule has 1 aromatic heterocycles. The molecule has 0 bridgehead atoms. The summed E-state index contributed by atoms with van der Waals surface area (Å²) in [5, 5.41) is 22.9. The first kappa shape index (κ1) is 16.1. The van der Waals surface area contributed by atoms with Gasteiger partial charge in [0, 0.05) is 13.2 Å². The van der Waals surface area contributed by atoms with Crippen LogP contribution in [0, 0.1) is 5.41 Å². The smallest absolute Gasteiger partial charge is 0.224 e. The molecular formula is C15H21N5O2. The van der Waals surface area contributed by atoms with Crippen LogP contribution in [0.25, 0.3) is 5.69 Å². The van der Waals surface area contributed by atoms with Crippen LogP contribution in [0.2, 0.25) is 0 Å². The van der Waals surface area contributed by atoms with Crippen molar-refractivity contribution < 1.29 is 9.90 Å². The number of aromatic nitrogens is 4. The summed E-state index contributed by atoms with van der Waals surface area (Å²) in [4.78, 5) is 12.0. The van der Waals surface area contributed by atoms with E-state index in [2.05, 4.69) is 20.8 Å². The lowest BCUT2D eigenvalue weighted by atomic mass is 9.89. The number of carbonyl (C=O) groups excluding carboxylic acids is 1. The minimum absolute atomic E-state index is 0.0267. The van der Waals surface area contributed by atoms with Crippen molar-refractivity contribution in [3.8, 4) is 5.69 Å². The normalized spacial score (nSPS) is 11.4. The third kappa shape index (κ3) is 4.63. The highest BCUT2D eigenvalue weighted by atomic mass is 16.3. The van der Waals surface area contributed by atoms with Gasteiger partial charge in [-0.15, -0.1) is 5.10 Å². The lowest BCUT2D eigenvalue weighted by Gasteiger charge is -2.23. The van der Waals surface area contributed by atoms with Gasteiger partial charge >= 0.3 is 0 Å². The molecule has 1 amide bonds. The zero-order valence-electron chi connectivity index (χ0n) is 12.9. The van der Waals surface area contributed by atoms with Crippen molar-refractivity contribution in [2.24, 2.45) is 5.41 Å². The number of hydrogen-bond acceptors (Lipinski definition) is 5. The molecule has 1 heterocycles. The van der Waals surface area contributed by atoms with Crippen LogP contribution in [0.3, 0.4) is 0 Å². The number of amides is 1. The van der Waals surface area contributed by atoms with E-state index in [4.69, 9.17) is 5.11 Å². The van der Waals surface area contributed by atoms with E-state index in [0.29, 0.717) is 19.4 Å². The number of nitrogens with one attached hydrogen (secondary N) is 1. The lowest BCUT2D eigenvalue weighted by molar-refractivity contribution is -0.120. The van der Waals surface area contributed by atoms with Gasteiger partial charge in [-0.1, -0.05) is 26.0 Å². The van der Waals surface area contributed by atoms with Crippen molar-refractivity contribution in [2.45, 2.75) is 26.7 Å². The van der Waals surface area contributed by atoms with Crippen LogP contribution in [-0.2, 0) is 11.2 Å². The Hall–Kier alpha value is -2.28. The average molecular weight is 303 g/mol. The van der Waals surface area contributed by atoms with Crippen LogP contribution in [0.4, 0.5) is 0 Å². The van der Waals surface area contributed by atoms with E-state index in [-0.39, 0.29) is 17.9 Å². The number of tetrazole rings is 1. The van der Waals surface area contributed by atoms with Gasteiger partial charge in [0.2, 0.25) is 5.91 Å². The first-order valence-electron chi connectivity index (χ1n) is 7.20. The first-order valence-corrected chi connectivity index (χ1v) is 7.20. The number of hydrogen-bond donors (Lipinski definition) is 2. The molecule has 2 rings (SSSR count). The number of aliphatic hydroxyl groups excluding tert-OH is 1. The number of aliphatic hydroxyl groups is 1. The molecule has 0 aliphatic rings. The van der Waals surface area contributed by atoms with Gasteiger partial charge in [0.15, 0.2) is 0 Å². The largest absolute Gasteiger partial charge is 0.396 e. The second-order valence-corrected chi connectivity index (χ2v) is 6.01. The quantitative estimate of drug-likeness (QED) is 0.786. The molecular weight excluding hydrogens is 282 g/mol. The zero-order valence-corrected chi connectivity index (χ0v) is 12.9. The van der Waals surface area contributed by atoms with Crippen LogP contribution < -0.4 is 5.32 Å². The molecule has 2 N–H and O–H groups in total. The maximum Gasteiger partial charge on any atom is 0.224 e. The fourth-order valence-corrected chi connectivity index (χ4v) is 2.02. The Kier molecular flexibility index (Phi) is 5.21. The zero-order chi connectivity index (χ0) is 16.0. The molecule has 22 heavy (non-hydrogen) atoms. The van der Waals surface area contributed by atoms with E-state index in [0.717, 1.165) is 11.3 Å². The third-order valence-corrected chi connectivity index (χ3v) is 3.47. The number of carbonyl (C=O) groups is 1.